The van der Waals surface area contributed by atoms with Gasteiger partial charge in [-0.1, -0.05) is 13.0 Å². The van der Waals surface area contributed by atoms with E-state index in [1.807, 2.05) is 0 Å². The molecule has 2 N–H and O–H groups in total. The average Bonchev–Trinajstić information content (AvgIpc) is 2.30. The number of pyridine rings is 1. The molecule has 0 saturated heterocycles. The summed E-state index contributed by atoms with van der Waals surface area (Å²) >= 11 is 0. The molecule has 6 heteroatoms. The van der Waals surface area contributed by atoms with Crippen molar-refractivity contribution in [1.82, 2.24) is 15.0 Å². The third kappa shape index (κ3) is 3.55. The highest BCUT2D eigenvalue weighted by molar-refractivity contribution is 7.89. The number of aromatic nitrogens is 1. The average molecular weight is 243 g/mol. The smallest absolute Gasteiger partial charge is 0.257 e. The maximum Gasteiger partial charge on any atom is 0.257 e. The van der Waals surface area contributed by atoms with Gasteiger partial charge in [0.25, 0.3) is 10.0 Å². The molecule has 1 aromatic heterocycles. The van der Waals surface area contributed by atoms with Crippen LogP contribution in [0.5, 0.6) is 0 Å². The van der Waals surface area contributed by atoms with Crippen LogP contribution >= 0.6 is 0 Å². The minimum absolute atomic E-state index is 0.0502. The summed E-state index contributed by atoms with van der Waals surface area (Å²) in [5.74, 6) is 0. The molecule has 1 aromatic rings. The maximum atomic E-state index is 11.4. The van der Waals surface area contributed by atoms with Gasteiger partial charge in [-0.2, -0.15) is 0 Å². The molecule has 16 heavy (non-hydrogen) atoms. The van der Waals surface area contributed by atoms with Crippen molar-refractivity contribution in [1.29, 1.82) is 0 Å². The molecule has 1 rings (SSSR count). The molecule has 0 radical (unpaired) electrons. The van der Waals surface area contributed by atoms with Crippen LogP contribution in [0.1, 0.15) is 18.9 Å². The van der Waals surface area contributed by atoms with Gasteiger partial charge in [-0.25, -0.2) is 18.1 Å². The van der Waals surface area contributed by atoms with Gasteiger partial charge < -0.3 is 5.32 Å². The summed E-state index contributed by atoms with van der Waals surface area (Å²) in [6, 6.07) is 3.27. The molecule has 0 amide bonds. The van der Waals surface area contributed by atoms with E-state index in [1.54, 1.807) is 12.3 Å². The van der Waals surface area contributed by atoms with Gasteiger partial charge in [0.2, 0.25) is 0 Å². The normalized spacial score (nSPS) is 11.6. The Bertz CT molecular complexity index is 414. The Kier molecular flexibility index (Phi) is 4.85. The van der Waals surface area contributed by atoms with Gasteiger partial charge >= 0.3 is 0 Å². The summed E-state index contributed by atoms with van der Waals surface area (Å²) < 4.78 is 25.0. The fourth-order valence-corrected chi connectivity index (χ4v) is 1.84. The van der Waals surface area contributed by atoms with Crippen molar-refractivity contribution in [2.24, 2.45) is 0 Å². The standard InChI is InChI=1S/C10H17N3O2S/c1-3-6-12-7-9-4-5-10(13-8-9)16(14,15)11-2/h4-5,8,11-12H,3,6-7H2,1-2H3. The van der Waals surface area contributed by atoms with E-state index in [0.29, 0.717) is 6.54 Å². The quantitative estimate of drug-likeness (QED) is 0.713. The van der Waals surface area contributed by atoms with Gasteiger partial charge in [0.15, 0.2) is 5.03 Å². The van der Waals surface area contributed by atoms with Gasteiger partial charge in [0, 0.05) is 12.7 Å². The maximum absolute atomic E-state index is 11.4. The van der Waals surface area contributed by atoms with Crippen molar-refractivity contribution >= 4 is 10.0 Å². The first-order valence-electron chi connectivity index (χ1n) is 5.19. The molecule has 0 aliphatic rings. The predicted molar refractivity (Wildman–Crippen MR) is 62.5 cm³/mol. The summed E-state index contributed by atoms with van der Waals surface area (Å²) in [6.45, 7) is 3.74. The molecular formula is C10H17N3O2S. The fraction of sp³-hybridized carbons (Fsp3) is 0.500. The van der Waals surface area contributed by atoms with Crippen LogP contribution in [0.2, 0.25) is 0 Å². The molecule has 1 heterocycles. The monoisotopic (exact) mass is 243 g/mol. The number of rotatable bonds is 6. The van der Waals surface area contributed by atoms with Gasteiger partial charge in [0.1, 0.15) is 0 Å². The Labute approximate surface area is 96.3 Å². The van der Waals surface area contributed by atoms with E-state index < -0.39 is 10.0 Å². The van der Waals surface area contributed by atoms with E-state index in [-0.39, 0.29) is 5.03 Å². The van der Waals surface area contributed by atoms with E-state index in [4.69, 9.17) is 0 Å². The van der Waals surface area contributed by atoms with Crippen LogP contribution in [0.4, 0.5) is 0 Å². The number of nitrogens with one attached hydrogen (secondary N) is 2. The van der Waals surface area contributed by atoms with Crippen LogP contribution < -0.4 is 10.0 Å². The topological polar surface area (TPSA) is 71.1 Å². The Morgan fingerprint density at radius 3 is 2.62 bits per heavy atom. The van der Waals surface area contributed by atoms with Crippen molar-refractivity contribution in [2.45, 2.75) is 24.9 Å². The molecule has 0 unspecified atom stereocenters. The Morgan fingerprint density at radius 2 is 2.12 bits per heavy atom. The van der Waals surface area contributed by atoms with Crippen LogP contribution in [0.3, 0.4) is 0 Å². The van der Waals surface area contributed by atoms with E-state index in [2.05, 4.69) is 21.9 Å². The predicted octanol–water partition coefficient (Wildman–Crippen LogP) is 0.489. The van der Waals surface area contributed by atoms with Crippen LogP contribution in [0, 0.1) is 0 Å². The molecule has 5 nitrogen and oxygen atoms in total. The lowest BCUT2D eigenvalue weighted by Gasteiger charge is -2.04. The second kappa shape index (κ2) is 5.93. The number of sulfonamides is 1. The third-order valence-corrected chi connectivity index (χ3v) is 3.43. The lowest BCUT2D eigenvalue weighted by Crippen LogP contribution is -2.20. The molecule has 0 aromatic carbocycles. The summed E-state index contributed by atoms with van der Waals surface area (Å²) in [4.78, 5) is 3.91. The highest BCUT2D eigenvalue weighted by atomic mass is 32.2. The van der Waals surface area contributed by atoms with Crippen molar-refractivity contribution in [3.63, 3.8) is 0 Å². The van der Waals surface area contributed by atoms with Crippen LogP contribution in [0.15, 0.2) is 23.4 Å². The molecule has 0 saturated carbocycles. The number of nitrogens with zero attached hydrogens (tertiary/aromatic N) is 1. The highest BCUT2D eigenvalue weighted by Gasteiger charge is 2.11. The zero-order valence-electron chi connectivity index (χ0n) is 9.53. The molecule has 0 fully saturated rings. The Morgan fingerprint density at radius 1 is 1.38 bits per heavy atom. The summed E-state index contributed by atoms with van der Waals surface area (Å²) in [5, 5.41) is 3.27. The van der Waals surface area contributed by atoms with E-state index in [1.165, 1.54) is 13.1 Å². The lowest BCUT2D eigenvalue weighted by atomic mass is 10.3. The Balaban J connectivity index is 2.68. The minimum atomic E-state index is -3.42. The Hall–Kier alpha value is -0.980. The molecule has 0 atom stereocenters. The summed E-state index contributed by atoms with van der Waals surface area (Å²) in [5.41, 5.74) is 0.975. The molecule has 90 valence electrons. The van der Waals surface area contributed by atoms with Gasteiger partial charge in [-0.05, 0) is 31.6 Å². The number of hydrogen-bond donors (Lipinski definition) is 2. The van der Waals surface area contributed by atoms with Crippen molar-refractivity contribution < 1.29 is 8.42 Å². The molecule has 0 spiro atoms. The first-order valence-corrected chi connectivity index (χ1v) is 6.67. The van der Waals surface area contributed by atoms with E-state index >= 15 is 0 Å². The number of hydrogen-bond acceptors (Lipinski definition) is 4. The second-order valence-electron chi connectivity index (χ2n) is 3.39. The van der Waals surface area contributed by atoms with E-state index in [9.17, 15) is 8.42 Å². The van der Waals surface area contributed by atoms with Gasteiger partial charge in [0.05, 0.1) is 0 Å². The fourth-order valence-electron chi connectivity index (χ4n) is 1.19. The highest BCUT2D eigenvalue weighted by Crippen LogP contribution is 2.05. The largest absolute Gasteiger partial charge is 0.313 e. The minimum Gasteiger partial charge on any atom is -0.313 e. The van der Waals surface area contributed by atoms with Gasteiger partial charge in [-0.3, -0.25) is 0 Å². The van der Waals surface area contributed by atoms with Crippen LogP contribution in [-0.2, 0) is 16.6 Å². The van der Waals surface area contributed by atoms with Crippen molar-refractivity contribution in [3.8, 4) is 0 Å². The van der Waals surface area contributed by atoms with E-state index in [0.717, 1.165) is 18.5 Å². The van der Waals surface area contributed by atoms with Gasteiger partial charge in [-0.15, -0.1) is 0 Å². The molecule has 0 aliphatic heterocycles. The second-order valence-corrected chi connectivity index (χ2v) is 5.22. The first kappa shape index (κ1) is 13.1. The summed E-state index contributed by atoms with van der Waals surface area (Å²) in [7, 11) is -2.05. The van der Waals surface area contributed by atoms with Crippen LogP contribution in [-0.4, -0.2) is 27.0 Å². The summed E-state index contributed by atoms with van der Waals surface area (Å²) in [6.07, 6.45) is 2.65. The SMILES string of the molecule is CCCNCc1ccc(S(=O)(=O)NC)nc1. The van der Waals surface area contributed by atoms with Crippen molar-refractivity contribution in [2.75, 3.05) is 13.6 Å². The molecule has 0 aliphatic carbocycles. The van der Waals surface area contributed by atoms with Crippen LogP contribution in [0.25, 0.3) is 0 Å². The molecular weight excluding hydrogens is 226 g/mol. The molecule has 0 bridgehead atoms. The van der Waals surface area contributed by atoms with Crippen molar-refractivity contribution in [3.05, 3.63) is 23.9 Å². The first-order chi connectivity index (χ1) is 7.60. The zero-order chi connectivity index (χ0) is 12.0. The zero-order valence-corrected chi connectivity index (χ0v) is 10.3. The lowest BCUT2D eigenvalue weighted by molar-refractivity contribution is 0.584. The third-order valence-electron chi connectivity index (χ3n) is 2.10.